The van der Waals surface area contributed by atoms with Crippen LogP contribution in [0.3, 0.4) is 0 Å². The summed E-state index contributed by atoms with van der Waals surface area (Å²) < 4.78 is 7.28. The zero-order valence-electron chi connectivity index (χ0n) is 14.4. The van der Waals surface area contributed by atoms with Crippen LogP contribution in [-0.4, -0.2) is 26.7 Å². The second-order valence-corrected chi connectivity index (χ2v) is 6.54. The van der Waals surface area contributed by atoms with E-state index in [1.54, 1.807) is 20.2 Å². The Morgan fingerprint density at radius 2 is 2.00 bits per heavy atom. The van der Waals surface area contributed by atoms with Crippen molar-refractivity contribution in [1.82, 2.24) is 14.5 Å². The number of aromatic nitrogens is 3. The number of imidazole rings is 1. The molecule has 2 heterocycles. The van der Waals surface area contributed by atoms with Crippen molar-refractivity contribution in [3.8, 4) is 0 Å². The summed E-state index contributed by atoms with van der Waals surface area (Å²) in [5.41, 5.74) is 2.47. The van der Waals surface area contributed by atoms with E-state index in [1.807, 2.05) is 24.3 Å². The van der Waals surface area contributed by atoms with E-state index in [1.165, 1.54) is 0 Å². The van der Waals surface area contributed by atoms with Crippen LogP contribution >= 0.6 is 0 Å². The molecule has 1 amide bonds. The van der Waals surface area contributed by atoms with Crippen LogP contribution in [0.25, 0.3) is 21.9 Å². The highest BCUT2D eigenvalue weighted by molar-refractivity contribution is 6.08. The Balaban J connectivity index is 2.15. The molecule has 0 unspecified atom stereocenters. The first kappa shape index (κ1) is 16.2. The zero-order chi connectivity index (χ0) is 17.3. The van der Waals surface area contributed by atoms with Crippen LogP contribution in [0.15, 0.2) is 30.6 Å². The topological polar surface area (TPSA) is 69.0 Å². The quantitative estimate of drug-likeness (QED) is 0.780. The third-order valence-electron chi connectivity index (χ3n) is 3.58. The van der Waals surface area contributed by atoms with Gasteiger partial charge in [0.25, 0.3) is 0 Å². The number of fused-ring (bicyclic) bond motifs is 3. The van der Waals surface area contributed by atoms with Gasteiger partial charge in [-0.15, -0.1) is 0 Å². The molecular formula is C18H22N4O2. The van der Waals surface area contributed by atoms with Crippen molar-refractivity contribution < 1.29 is 9.53 Å². The molecule has 0 saturated heterocycles. The van der Waals surface area contributed by atoms with Crippen LogP contribution in [0.2, 0.25) is 0 Å². The Hall–Kier alpha value is -2.63. The summed E-state index contributed by atoms with van der Waals surface area (Å²) in [6.07, 6.45) is 1.09. The van der Waals surface area contributed by atoms with Crippen LogP contribution in [-0.2, 0) is 11.3 Å². The van der Waals surface area contributed by atoms with Crippen molar-refractivity contribution >= 4 is 33.8 Å². The van der Waals surface area contributed by atoms with Gasteiger partial charge in [-0.2, -0.15) is 0 Å². The van der Waals surface area contributed by atoms with Gasteiger partial charge in [0.05, 0.1) is 23.5 Å². The summed E-state index contributed by atoms with van der Waals surface area (Å²) in [5.74, 6) is 0.911. The smallest absolute Gasteiger partial charge is 0.413 e. The minimum atomic E-state index is -0.521. The molecule has 1 aromatic carbocycles. The highest BCUT2D eigenvalue weighted by Crippen LogP contribution is 2.29. The largest absolute Gasteiger partial charge is 0.447 e. The maximum absolute atomic E-state index is 12.0. The lowest BCUT2D eigenvalue weighted by atomic mass is 10.1. The summed E-state index contributed by atoms with van der Waals surface area (Å²) in [5, 5.41) is 3.75. The molecular weight excluding hydrogens is 304 g/mol. The summed E-state index contributed by atoms with van der Waals surface area (Å²) in [7, 11) is 0. The number of anilines is 1. The number of nitrogens with zero attached hydrogens (tertiary/aromatic N) is 3. The molecule has 24 heavy (non-hydrogen) atoms. The second-order valence-electron chi connectivity index (χ2n) is 6.54. The minimum Gasteiger partial charge on any atom is -0.447 e. The Bertz CT molecular complexity index is 883. The maximum atomic E-state index is 12.0. The van der Waals surface area contributed by atoms with E-state index < -0.39 is 6.09 Å². The highest BCUT2D eigenvalue weighted by atomic mass is 16.6. The number of nitrogens with one attached hydrogen (secondary N) is 1. The van der Waals surface area contributed by atoms with Crippen LogP contribution in [0.5, 0.6) is 0 Å². The first-order valence-electron chi connectivity index (χ1n) is 8.17. The van der Waals surface area contributed by atoms with Crippen LogP contribution < -0.4 is 5.32 Å². The van der Waals surface area contributed by atoms with E-state index in [9.17, 15) is 4.79 Å². The SMILES string of the molecule is CC(C)Cn1cnc2c(NC(=O)OC(C)C)nc3ccccc3c21. The third kappa shape index (κ3) is 3.18. The van der Waals surface area contributed by atoms with E-state index in [0.29, 0.717) is 17.3 Å². The Kier molecular flexibility index (Phi) is 4.38. The van der Waals surface area contributed by atoms with Gasteiger partial charge in [-0.1, -0.05) is 32.0 Å². The number of carbonyl (C=O) groups excluding carboxylic acids is 1. The average Bonchev–Trinajstić information content (AvgIpc) is 2.90. The number of para-hydroxylation sites is 1. The van der Waals surface area contributed by atoms with Gasteiger partial charge < -0.3 is 9.30 Å². The number of benzene rings is 1. The molecule has 0 fully saturated rings. The number of pyridine rings is 1. The maximum Gasteiger partial charge on any atom is 0.413 e. The lowest BCUT2D eigenvalue weighted by molar-refractivity contribution is 0.130. The van der Waals surface area contributed by atoms with Crippen molar-refractivity contribution in [2.45, 2.75) is 40.3 Å². The molecule has 126 valence electrons. The number of hydrogen-bond acceptors (Lipinski definition) is 4. The molecule has 0 aliphatic heterocycles. The molecule has 1 N–H and O–H groups in total. The molecule has 3 rings (SSSR count). The monoisotopic (exact) mass is 326 g/mol. The molecule has 0 aliphatic carbocycles. The minimum absolute atomic E-state index is 0.195. The standard InChI is InChI=1S/C18H22N4O2/c1-11(2)9-22-10-19-15-16(22)13-7-5-6-8-14(13)20-17(15)21-18(23)24-12(3)4/h5-8,10-12H,9H2,1-4H3,(H,20,21,23). The first-order chi connectivity index (χ1) is 11.5. The zero-order valence-corrected chi connectivity index (χ0v) is 14.4. The first-order valence-corrected chi connectivity index (χ1v) is 8.17. The molecule has 0 spiro atoms. The highest BCUT2D eigenvalue weighted by Gasteiger charge is 2.17. The molecule has 0 bridgehead atoms. The second kappa shape index (κ2) is 6.47. The summed E-state index contributed by atoms with van der Waals surface area (Å²) in [6, 6.07) is 7.87. The number of rotatable bonds is 4. The molecule has 0 radical (unpaired) electrons. The van der Waals surface area contributed by atoms with Crippen molar-refractivity contribution in [1.29, 1.82) is 0 Å². The van der Waals surface area contributed by atoms with Crippen molar-refractivity contribution in [2.75, 3.05) is 5.32 Å². The van der Waals surface area contributed by atoms with Crippen LogP contribution in [0, 0.1) is 5.92 Å². The van der Waals surface area contributed by atoms with Crippen molar-refractivity contribution in [2.24, 2.45) is 5.92 Å². The number of carbonyl (C=O) groups is 1. The number of amides is 1. The van der Waals surface area contributed by atoms with Gasteiger partial charge in [-0.05, 0) is 25.8 Å². The molecule has 0 saturated carbocycles. The van der Waals surface area contributed by atoms with Gasteiger partial charge in [0.1, 0.15) is 5.52 Å². The lowest BCUT2D eigenvalue weighted by Gasteiger charge is -2.12. The van der Waals surface area contributed by atoms with Gasteiger partial charge >= 0.3 is 6.09 Å². The van der Waals surface area contributed by atoms with E-state index in [0.717, 1.165) is 23.0 Å². The van der Waals surface area contributed by atoms with Crippen molar-refractivity contribution in [3.05, 3.63) is 30.6 Å². The van der Waals surface area contributed by atoms with Gasteiger partial charge in [0.15, 0.2) is 5.82 Å². The van der Waals surface area contributed by atoms with E-state index >= 15 is 0 Å². The predicted molar refractivity (Wildman–Crippen MR) is 95.1 cm³/mol. The summed E-state index contributed by atoms with van der Waals surface area (Å²) in [6.45, 7) is 8.78. The average molecular weight is 326 g/mol. The lowest BCUT2D eigenvalue weighted by Crippen LogP contribution is -2.19. The van der Waals surface area contributed by atoms with E-state index in [-0.39, 0.29) is 6.10 Å². The normalized spacial score (nSPS) is 11.6. The fourth-order valence-corrected chi connectivity index (χ4v) is 2.74. The fourth-order valence-electron chi connectivity index (χ4n) is 2.74. The molecule has 0 atom stereocenters. The van der Waals surface area contributed by atoms with Crippen molar-refractivity contribution in [3.63, 3.8) is 0 Å². The number of ether oxygens (including phenoxy) is 1. The fraction of sp³-hybridized carbons (Fsp3) is 0.389. The Morgan fingerprint density at radius 3 is 2.71 bits per heavy atom. The van der Waals surface area contributed by atoms with Gasteiger partial charge in [-0.3, -0.25) is 5.32 Å². The van der Waals surface area contributed by atoms with E-state index in [2.05, 4.69) is 33.7 Å². The van der Waals surface area contributed by atoms with Gasteiger partial charge in [-0.25, -0.2) is 14.8 Å². The third-order valence-corrected chi connectivity index (χ3v) is 3.58. The van der Waals surface area contributed by atoms with Crippen LogP contribution in [0.4, 0.5) is 10.6 Å². The van der Waals surface area contributed by atoms with Crippen LogP contribution in [0.1, 0.15) is 27.7 Å². The molecule has 0 aliphatic rings. The molecule has 3 aromatic rings. The Labute approximate surface area is 140 Å². The molecule has 6 nitrogen and oxygen atoms in total. The summed E-state index contributed by atoms with van der Waals surface area (Å²) in [4.78, 5) is 21.0. The van der Waals surface area contributed by atoms with E-state index in [4.69, 9.17) is 4.74 Å². The van der Waals surface area contributed by atoms with Gasteiger partial charge in [0.2, 0.25) is 0 Å². The Morgan fingerprint density at radius 1 is 1.25 bits per heavy atom. The van der Waals surface area contributed by atoms with Gasteiger partial charge in [0, 0.05) is 11.9 Å². The molecule has 2 aromatic heterocycles. The summed E-state index contributed by atoms with van der Waals surface area (Å²) >= 11 is 0. The molecule has 6 heteroatoms. The predicted octanol–water partition coefficient (Wildman–Crippen LogP) is 4.20. The number of hydrogen-bond donors (Lipinski definition) is 1.